The van der Waals surface area contributed by atoms with E-state index < -0.39 is 0 Å². The highest BCUT2D eigenvalue weighted by Crippen LogP contribution is 2.61. The standard InChI is InChI=1S/C16H27N.ClH/c1-2-5-17(4-1)6-3-16-10-13-7-14(11-16)9-15(8-13)12-16;/h13-15H,1-12H2;1H. The van der Waals surface area contributed by atoms with E-state index in [2.05, 4.69) is 4.90 Å². The molecule has 0 spiro atoms. The molecule has 0 N–H and O–H groups in total. The lowest BCUT2D eigenvalue weighted by molar-refractivity contribution is -0.0603. The quantitative estimate of drug-likeness (QED) is 0.745. The first-order valence-corrected chi connectivity index (χ1v) is 8.04. The van der Waals surface area contributed by atoms with E-state index in [1.165, 1.54) is 38.9 Å². The van der Waals surface area contributed by atoms with Crippen LogP contribution in [0.4, 0.5) is 0 Å². The summed E-state index contributed by atoms with van der Waals surface area (Å²) in [6.07, 6.45) is 14.1. The second kappa shape index (κ2) is 4.98. The van der Waals surface area contributed by atoms with Crippen molar-refractivity contribution in [2.45, 2.75) is 57.8 Å². The van der Waals surface area contributed by atoms with Crippen molar-refractivity contribution in [3.05, 3.63) is 0 Å². The van der Waals surface area contributed by atoms with Gasteiger partial charge in [0.1, 0.15) is 0 Å². The van der Waals surface area contributed by atoms with E-state index in [-0.39, 0.29) is 12.4 Å². The van der Waals surface area contributed by atoms with Crippen LogP contribution < -0.4 is 0 Å². The molecule has 0 atom stereocenters. The highest BCUT2D eigenvalue weighted by atomic mass is 35.5. The minimum atomic E-state index is 0. The van der Waals surface area contributed by atoms with Crippen molar-refractivity contribution in [3.8, 4) is 0 Å². The minimum Gasteiger partial charge on any atom is -0.303 e. The van der Waals surface area contributed by atoms with E-state index in [0.29, 0.717) is 0 Å². The number of likely N-dealkylation sites (tertiary alicyclic amines) is 1. The molecule has 18 heavy (non-hydrogen) atoms. The van der Waals surface area contributed by atoms with Crippen LogP contribution in [0.25, 0.3) is 0 Å². The van der Waals surface area contributed by atoms with E-state index in [1.54, 1.807) is 38.5 Å². The van der Waals surface area contributed by atoms with Crippen molar-refractivity contribution in [1.82, 2.24) is 4.90 Å². The third-order valence-corrected chi connectivity index (χ3v) is 6.32. The summed E-state index contributed by atoms with van der Waals surface area (Å²) in [5, 5.41) is 0. The van der Waals surface area contributed by atoms with Gasteiger partial charge < -0.3 is 4.90 Å². The van der Waals surface area contributed by atoms with E-state index in [9.17, 15) is 0 Å². The van der Waals surface area contributed by atoms with Crippen LogP contribution in [-0.4, -0.2) is 24.5 Å². The fraction of sp³-hybridized carbons (Fsp3) is 1.00. The molecule has 0 aromatic heterocycles. The van der Waals surface area contributed by atoms with Crippen LogP contribution in [0.5, 0.6) is 0 Å². The Kier molecular flexibility index (Phi) is 3.66. The molecule has 0 unspecified atom stereocenters. The molecule has 4 bridgehead atoms. The summed E-state index contributed by atoms with van der Waals surface area (Å²) in [7, 11) is 0. The van der Waals surface area contributed by atoms with Gasteiger partial charge in [0.25, 0.3) is 0 Å². The second-order valence-corrected chi connectivity index (χ2v) is 7.72. The highest BCUT2D eigenvalue weighted by Gasteiger charge is 2.50. The Labute approximate surface area is 118 Å². The lowest BCUT2D eigenvalue weighted by atomic mass is 9.49. The SMILES string of the molecule is C1CCN(CCC23CC4CC(CC(C4)C2)C3)C1.Cl. The van der Waals surface area contributed by atoms with Gasteiger partial charge >= 0.3 is 0 Å². The molecule has 4 saturated carbocycles. The molecule has 4 aliphatic carbocycles. The van der Waals surface area contributed by atoms with Gasteiger partial charge in [-0.1, -0.05) is 0 Å². The maximum absolute atomic E-state index is 2.73. The molecule has 5 rings (SSSR count). The van der Waals surface area contributed by atoms with Gasteiger partial charge in [-0.25, -0.2) is 0 Å². The summed E-state index contributed by atoms with van der Waals surface area (Å²) >= 11 is 0. The zero-order valence-corrected chi connectivity index (χ0v) is 12.4. The minimum absolute atomic E-state index is 0. The summed E-state index contributed by atoms with van der Waals surface area (Å²) in [6.45, 7) is 4.21. The first kappa shape index (κ1) is 13.2. The van der Waals surface area contributed by atoms with Crippen molar-refractivity contribution in [2.24, 2.45) is 23.2 Å². The average molecular weight is 270 g/mol. The molecule has 0 aromatic carbocycles. The van der Waals surface area contributed by atoms with Gasteiger partial charge in [0, 0.05) is 0 Å². The first-order valence-electron chi connectivity index (χ1n) is 8.04. The molecule has 1 aliphatic heterocycles. The van der Waals surface area contributed by atoms with Crippen LogP contribution >= 0.6 is 12.4 Å². The third kappa shape index (κ3) is 2.33. The van der Waals surface area contributed by atoms with Crippen molar-refractivity contribution in [1.29, 1.82) is 0 Å². The smallest absolute Gasteiger partial charge is 0.00134 e. The molecule has 0 radical (unpaired) electrons. The largest absolute Gasteiger partial charge is 0.303 e. The monoisotopic (exact) mass is 269 g/mol. The Morgan fingerprint density at radius 1 is 0.833 bits per heavy atom. The molecule has 2 heteroatoms. The normalized spacial score (nSPS) is 46.3. The maximum atomic E-state index is 2.73. The topological polar surface area (TPSA) is 3.24 Å². The van der Waals surface area contributed by atoms with Gasteiger partial charge in [0.15, 0.2) is 0 Å². The van der Waals surface area contributed by atoms with Crippen LogP contribution in [0.2, 0.25) is 0 Å². The summed E-state index contributed by atoms with van der Waals surface area (Å²) < 4.78 is 0. The molecular formula is C16H28ClN. The zero-order valence-electron chi connectivity index (χ0n) is 11.6. The molecule has 1 heterocycles. The first-order chi connectivity index (χ1) is 8.31. The van der Waals surface area contributed by atoms with Crippen LogP contribution in [0.3, 0.4) is 0 Å². The predicted octanol–water partition coefficient (Wildman–Crippen LogP) is 4.11. The zero-order chi connectivity index (χ0) is 11.3. The molecule has 104 valence electrons. The number of hydrogen-bond acceptors (Lipinski definition) is 1. The summed E-state index contributed by atoms with van der Waals surface area (Å²) in [4.78, 5) is 2.73. The van der Waals surface area contributed by atoms with Crippen LogP contribution in [0, 0.1) is 23.2 Å². The lowest BCUT2D eigenvalue weighted by Crippen LogP contribution is -2.47. The number of hydrogen-bond donors (Lipinski definition) is 0. The van der Waals surface area contributed by atoms with Crippen molar-refractivity contribution in [3.63, 3.8) is 0 Å². The molecule has 1 saturated heterocycles. The maximum Gasteiger partial charge on any atom is -0.00134 e. The van der Waals surface area contributed by atoms with Gasteiger partial charge in [-0.3, -0.25) is 0 Å². The average Bonchev–Trinajstić information content (AvgIpc) is 2.77. The van der Waals surface area contributed by atoms with Gasteiger partial charge in [0.05, 0.1) is 0 Å². The van der Waals surface area contributed by atoms with Crippen LogP contribution in [-0.2, 0) is 0 Å². The number of rotatable bonds is 3. The molecule has 5 fully saturated rings. The predicted molar refractivity (Wildman–Crippen MR) is 78.1 cm³/mol. The van der Waals surface area contributed by atoms with E-state index >= 15 is 0 Å². The summed E-state index contributed by atoms with van der Waals surface area (Å²) in [6, 6.07) is 0. The van der Waals surface area contributed by atoms with E-state index in [1.807, 2.05) is 0 Å². The van der Waals surface area contributed by atoms with Crippen molar-refractivity contribution < 1.29 is 0 Å². The molecular weight excluding hydrogens is 242 g/mol. The lowest BCUT2D eigenvalue weighted by Gasteiger charge is -2.57. The summed E-state index contributed by atoms with van der Waals surface area (Å²) in [5.74, 6) is 3.42. The van der Waals surface area contributed by atoms with Gasteiger partial charge in [-0.05, 0) is 101 Å². The van der Waals surface area contributed by atoms with Crippen molar-refractivity contribution in [2.75, 3.05) is 19.6 Å². The second-order valence-electron chi connectivity index (χ2n) is 7.72. The Hall–Kier alpha value is 0.250. The summed E-state index contributed by atoms with van der Waals surface area (Å²) in [5.41, 5.74) is 0.817. The Morgan fingerprint density at radius 2 is 1.33 bits per heavy atom. The van der Waals surface area contributed by atoms with E-state index in [0.717, 1.165) is 23.2 Å². The highest BCUT2D eigenvalue weighted by molar-refractivity contribution is 5.85. The number of nitrogens with zero attached hydrogens (tertiary/aromatic N) is 1. The van der Waals surface area contributed by atoms with Gasteiger partial charge in [0.2, 0.25) is 0 Å². The Bertz CT molecular complexity index is 260. The third-order valence-electron chi connectivity index (χ3n) is 6.32. The molecule has 0 amide bonds. The molecule has 1 nitrogen and oxygen atoms in total. The van der Waals surface area contributed by atoms with Crippen molar-refractivity contribution >= 4 is 12.4 Å². The van der Waals surface area contributed by atoms with Gasteiger partial charge in [-0.15, -0.1) is 12.4 Å². The number of halogens is 1. The molecule has 0 aromatic rings. The Morgan fingerprint density at radius 3 is 1.83 bits per heavy atom. The molecule has 5 aliphatic rings. The fourth-order valence-electron chi connectivity index (χ4n) is 6.00. The van der Waals surface area contributed by atoms with E-state index in [4.69, 9.17) is 0 Å². The fourth-order valence-corrected chi connectivity index (χ4v) is 6.00. The van der Waals surface area contributed by atoms with Crippen LogP contribution in [0.15, 0.2) is 0 Å². The Balaban J connectivity index is 0.000001000. The van der Waals surface area contributed by atoms with Gasteiger partial charge in [-0.2, -0.15) is 0 Å². The van der Waals surface area contributed by atoms with Crippen LogP contribution in [0.1, 0.15) is 57.8 Å².